The number of ether oxygens (including phenoxy) is 3. The largest absolute Gasteiger partial charge is 0.493 e. The molecule has 2 N–H and O–H groups in total. The van der Waals surface area contributed by atoms with Crippen molar-refractivity contribution < 1.29 is 19.0 Å². The average Bonchev–Trinajstić information content (AvgIpc) is 2.76. The normalized spacial score (nSPS) is 11.1. The van der Waals surface area contributed by atoms with Crippen LogP contribution in [0.1, 0.15) is 31.4 Å². The molecule has 0 unspecified atom stereocenters. The molecule has 2 amide bonds. The third kappa shape index (κ3) is 7.28. The maximum Gasteiger partial charge on any atom is 0.319 e. The molecule has 2 aromatic rings. The van der Waals surface area contributed by atoms with E-state index in [0.717, 1.165) is 12.0 Å². The zero-order chi connectivity index (χ0) is 21.8. The molecule has 0 aromatic heterocycles. The highest BCUT2D eigenvalue weighted by atomic mass is 35.5. The second kappa shape index (κ2) is 12.8. The molecule has 7 heteroatoms. The number of nitrogens with one attached hydrogen (secondary N) is 2. The number of benzene rings is 2. The fraction of sp³-hybridized carbons (Fsp3) is 0.348. The second-order valence-electron chi connectivity index (χ2n) is 6.36. The number of amides is 2. The van der Waals surface area contributed by atoms with Crippen molar-refractivity contribution in [3.8, 4) is 11.5 Å². The van der Waals surface area contributed by atoms with Crippen molar-refractivity contribution in [2.75, 3.05) is 26.9 Å². The summed E-state index contributed by atoms with van der Waals surface area (Å²) in [5, 5.41) is 6.08. The van der Waals surface area contributed by atoms with Crippen molar-refractivity contribution in [1.29, 1.82) is 0 Å². The zero-order valence-electron chi connectivity index (χ0n) is 17.7. The molecular weight excluding hydrogens is 404 g/mol. The Morgan fingerprint density at radius 3 is 2.57 bits per heavy atom. The zero-order valence-corrected chi connectivity index (χ0v) is 18.4. The van der Waals surface area contributed by atoms with Crippen LogP contribution in [0.25, 0.3) is 5.70 Å². The molecule has 0 fully saturated rings. The van der Waals surface area contributed by atoms with Gasteiger partial charge in [-0.1, -0.05) is 54.9 Å². The van der Waals surface area contributed by atoms with Crippen molar-refractivity contribution in [2.45, 2.75) is 26.9 Å². The average molecular weight is 433 g/mol. The summed E-state index contributed by atoms with van der Waals surface area (Å²) in [4.78, 5) is 12.3. The van der Waals surface area contributed by atoms with Gasteiger partial charge in [-0.05, 0) is 25.0 Å². The molecule has 2 aromatic carbocycles. The fourth-order valence-corrected chi connectivity index (χ4v) is 2.98. The molecule has 6 nitrogen and oxygen atoms in total. The molecule has 0 aliphatic rings. The van der Waals surface area contributed by atoms with Gasteiger partial charge in [-0.2, -0.15) is 0 Å². The topological polar surface area (TPSA) is 68.8 Å². The molecule has 0 saturated carbocycles. The van der Waals surface area contributed by atoms with Gasteiger partial charge in [0.2, 0.25) is 0 Å². The van der Waals surface area contributed by atoms with Gasteiger partial charge < -0.3 is 24.8 Å². The smallest absolute Gasteiger partial charge is 0.319 e. The Kier molecular flexibility index (Phi) is 10.0. The maximum atomic E-state index is 12.3. The number of rotatable bonds is 11. The molecule has 162 valence electrons. The number of urea groups is 1. The van der Waals surface area contributed by atoms with Crippen LogP contribution in [0.3, 0.4) is 0 Å². The Morgan fingerprint density at radius 2 is 1.90 bits per heavy atom. The van der Waals surface area contributed by atoms with Crippen LogP contribution in [0.5, 0.6) is 11.5 Å². The number of hydrogen-bond acceptors (Lipinski definition) is 4. The van der Waals surface area contributed by atoms with E-state index in [1.807, 2.05) is 50.3 Å². The summed E-state index contributed by atoms with van der Waals surface area (Å²) >= 11 is 6.49. The van der Waals surface area contributed by atoms with E-state index in [1.54, 1.807) is 19.2 Å². The van der Waals surface area contributed by atoms with Crippen LogP contribution in [0, 0.1) is 0 Å². The number of carbonyl (C=O) groups is 1. The first-order valence-electron chi connectivity index (χ1n) is 9.96. The number of carbonyl (C=O) groups excluding carboxylic acids is 1. The van der Waals surface area contributed by atoms with Gasteiger partial charge in [0.1, 0.15) is 6.61 Å². The Balaban J connectivity index is 2.19. The van der Waals surface area contributed by atoms with E-state index in [1.165, 1.54) is 0 Å². The lowest BCUT2D eigenvalue weighted by Crippen LogP contribution is -2.36. The lowest BCUT2D eigenvalue weighted by atomic mass is 10.1. The molecule has 0 radical (unpaired) electrons. The van der Waals surface area contributed by atoms with Gasteiger partial charge in [0.05, 0.1) is 18.7 Å². The molecule has 0 aliphatic carbocycles. The van der Waals surface area contributed by atoms with E-state index in [9.17, 15) is 4.79 Å². The number of hydrogen-bond donors (Lipinski definition) is 2. The Morgan fingerprint density at radius 1 is 1.13 bits per heavy atom. The monoisotopic (exact) mass is 432 g/mol. The van der Waals surface area contributed by atoms with Gasteiger partial charge in [-0.25, -0.2) is 4.79 Å². The summed E-state index contributed by atoms with van der Waals surface area (Å²) in [6.07, 6.45) is 2.62. The number of halogens is 1. The third-order valence-electron chi connectivity index (χ3n) is 4.17. The summed E-state index contributed by atoms with van der Waals surface area (Å²) in [6.45, 7) is 5.76. The van der Waals surface area contributed by atoms with Crippen LogP contribution in [0.4, 0.5) is 4.79 Å². The molecule has 30 heavy (non-hydrogen) atoms. The van der Waals surface area contributed by atoms with E-state index in [2.05, 4.69) is 10.6 Å². The highest BCUT2D eigenvalue weighted by molar-refractivity contribution is 6.32. The molecule has 0 atom stereocenters. The third-order valence-corrected chi connectivity index (χ3v) is 4.49. The fourth-order valence-electron chi connectivity index (χ4n) is 2.73. The first-order chi connectivity index (χ1) is 14.6. The van der Waals surface area contributed by atoms with Crippen molar-refractivity contribution >= 4 is 23.3 Å². The summed E-state index contributed by atoms with van der Waals surface area (Å²) in [7, 11) is 1.56. The van der Waals surface area contributed by atoms with Crippen molar-refractivity contribution in [2.24, 2.45) is 0 Å². The van der Waals surface area contributed by atoms with Crippen LogP contribution >= 0.6 is 11.6 Å². The maximum absolute atomic E-state index is 12.3. The minimum Gasteiger partial charge on any atom is -0.493 e. The molecule has 0 bridgehead atoms. The summed E-state index contributed by atoms with van der Waals surface area (Å²) in [6, 6.07) is 13.0. The molecular formula is C23H29ClN2O4. The lowest BCUT2D eigenvalue weighted by molar-refractivity contribution is 0.149. The Bertz CT molecular complexity index is 841. The quantitative estimate of drug-likeness (QED) is 0.489. The van der Waals surface area contributed by atoms with Crippen LogP contribution in [-0.2, 0) is 11.3 Å². The van der Waals surface area contributed by atoms with Gasteiger partial charge in [-0.3, -0.25) is 0 Å². The molecule has 0 heterocycles. The first-order valence-corrected chi connectivity index (χ1v) is 10.3. The predicted molar refractivity (Wildman–Crippen MR) is 120 cm³/mol. The Labute approximate surface area is 183 Å². The molecule has 2 rings (SSSR count). The van der Waals surface area contributed by atoms with Crippen LogP contribution in [0.15, 0.2) is 48.5 Å². The van der Waals surface area contributed by atoms with E-state index < -0.39 is 0 Å². The highest BCUT2D eigenvalue weighted by Crippen LogP contribution is 2.36. The predicted octanol–water partition coefficient (Wildman–Crippen LogP) is 5.01. The van der Waals surface area contributed by atoms with E-state index in [0.29, 0.717) is 54.1 Å². The van der Waals surface area contributed by atoms with Crippen molar-refractivity contribution in [3.63, 3.8) is 0 Å². The Hall–Kier alpha value is -2.70. The van der Waals surface area contributed by atoms with Crippen LogP contribution in [-0.4, -0.2) is 32.9 Å². The van der Waals surface area contributed by atoms with E-state index >= 15 is 0 Å². The van der Waals surface area contributed by atoms with Crippen LogP contribution in [0.2, 0.25) is 5.02 Å². The minimum atomic E-state index is -0.326. The first kappa shape index (κ1) is 23.6. The van der Waals surface area contributed by atoms with Crippen LogP contribution < -0.4 is 20.1 Å². The molecule has 0 saturated heterocycles. The van der Waals surface area contributed by atoms with Gasteiger partial charge >= 0.3 is 6.03 Å². The van der Waals surface area contributed by atoms with E-state index in [4.69, 9.17) is 25.8 Å². The van der Waals surface area contributed by atoms with E-state index in [-0.39, 0.29) is 6.03 Å². The highest BCUT2D eigenvalue weighted by Gasteiger charge is 2.16. The second-order valence-corrected chi connectivity index (χ2v) is 6.77. The number of methoxy groups -OCH3 is 1. The molecule has 0 spiro atoms. The van der Waals surface area contributed by atoms with Gasteiger partial charge in [0.25, 0.3) is 0 Å². The number of allylic oxidation sites excluding steroid dienone is 1. The van der Waals surface area contributed by atoms with Gasteiger partial charge in [0, 0.05) is 30.5 Å². The summed E-state index contributed by atoms with van der Waals surface area (Å²) < 4.78 is 16.6. The van der Waals surface area contributed by atoms with Gasteiger partial charge in [-0.15, -0.1) is 0 Å². The van der Waals surface area contributed by atoms with Crippen molar-refractivity contribution in [1.82, 2.24) is 10.6 Å². The molecule has 0 aliphatic heterocycles. The summed E-state index contributed by atoms with van der Waals surface area (Å²) in [5.74, 6) is 1.07. The van der Waals surface area contributed by atoms with Gasteiger partial charge in [0.15, 0.2) is 11.5 Å². The van der Waals surface area contributed by atoms with Crippen molar-refractivity contribution in [3.05, 3.63) is 64.7 Å². The SMILES string of the molecule is CCC=C(NC(=O)NCCOCC)c1cc(OCc2ccccc2)c(OC)cc1Cl. The summed E-state index contributed by atoms with van der Waals surface area (Å²) in [5.41, 5.74) is 2.29. The lowest BCUT2D eigenvalue weighted by Gasteiger charge is -2.17. The minimum absolute atomic E-state index is 0.326. The standard InChI is InChI=1S/C23H29ClN2O4/c1-4-9-20(26-23(27)25-12-13-29-5-2)18-14-22(21(28-3)15-19(18)24)30-16-17-10-7-6-8-11-17/h6-11,14-15H,4-5,12-13,16H2,1-3H3,(H2,25,26,27).